The van der Waals surface area contributed by atoms with Crippen LogP contribution in [0, 0.1) is 0 Å². The fourth-order valence-electron chi connectivity index (χ4n) is 4.54. The van der Waals surface area contributed by atoms with Gasteiger partial charge in [0.2, 0.25) is 0 Å². The predicted molar refractivity (Wildman–Crippen MR) is 165 cm³/mol. The number of carbonyl (C=O) groups is 1. The standard InChI is InChI=1S/C31H28Cl2N4O3/c1-39-29-15-10-21(34-31(38)40-23-13-11-22(12-14-23)37(18-16-32)19-17-33)20-28(29)36-30-24-6-2-4-8-26(24)35-27-9-5-3-7-25(27)30/h2-15,20H,16-19H2,1H3,(H,34,38)(H,35,36). The predicted octanol–water partition coefficient (Wildman–Crippen LogP) is 8.04. The fraction of sp³-hybridized carbons (Fsp3) is 0.161. The number of anilines is 4. The number of halogens is 2. The van der Waals surface area contributed by atoms with E-state index in [4.69, 9.17) is 37.7 Å². The lowest BCUT2D eigenvalue weighted by atomic mass is 10.1. The molecule has 0 aliphatic carbocycles. The number of amides is 1. The third-order valence-electron chi connectivity index (χ3n) is 6.41. The van der Waals surface area contributed by atoms with E-state index in [-0.39, 0.29) is 0 Å². The Bertz CT molecular complexity index is 1570. The van der Waals surface area contributed by atoms with Crippen LogP contribution >= 0.6 is 23.2 Å². The lowest BCUT2D eigenvalue weighted by Crippen LogP contribution is -2.27. The van der Waals surface area contributed by atoms with Gasteiger partial charge in [-0.2, -0.15) is 0 Å². The van der Waals surface area contributed by atoms with Crippen LogP contribution in [0.25, 0.3) is 21.8 Å². The number of benzene rings is 4. The van der Waals surface area contributed by atoms with Gasteiger partial charge in [-0.3, -0.25) is 5.32 Å². The first-order valence-electron chi connectivity index (χ1n) is 12.8. The summed E-state index contributed by atoms with van der Waals surface area (Å²) in [5, 5.41) is 8.28. The molecule has 1 aromatic heterocycles. The zero-order valence-corrected chi connectivity index (χ0v) is 23.4. The van der Waals surface area contributed by atoms with E-state index in [0.29, 0.717) is 47.7 Å². The topological polar surface area (TPSA) is 75.7 Å². The van der Waals surface area contributed by atoms with Crippen LogP contribution in [-0.4, -0.2) is 43.0 Å². The smallest absolute Gasteiger partial charge is 0.417 e. The number of ether oxygens (including phenoxy) is 2. The number of nitrogens with zero attached hydrogens (tertiary/aromatic N) is 2. The Morgan fingerprint density at radius 2 is 1.48 bits per heavy atom. The van der Waals surface area contributed by atoms with Gasteiger partial charge in [0, 0.05) is 47.0 Å². The van der Waals surface area contributed by atoms with Crippen molar-refractivity contribution >= 4 is 73.9 Å². The quantitative estimate of drug-likeness (QED) is 0.130. The highest BCUT2D eigenvalue weighted by Crippen LogP contribution is 2.37. The van der Waals surface area contributed by atoms with E-state index in [0.717, 1.165) is 33.2 Å². The minimum Gasteiger partial charge on any atom is -0.495 e. The Labute approximate surface area is 242 Å². The minimum atomic E-state index is -0.609. The lowest BCUT2D eigenvalue weighted by Gasteiger charge is -2.22. The normalized spacial score (nSPS) is 10.9. The second-order valence-corrected chi connectivity index (χ2v) is 9.69. The van der Waals surface area contributed by atoms with Crippen LogP contribution in [0.3, 0.4) is 0 Å². The maximum atomic E-state index is 12.7. The summed E-state index contributed by atoms with van der Waals surface area (Å²) < 4.78 is 11.1. The molecule has 4 aromatic carbocycles. The Kier molecular flexibility index (Phi) is 8.74. The molecule has 2 N–H and O–H groups in total. The maximum absolute atomic E-state index is 12.7. The van der Waals surface area contributed by atoms with Crippen LogP contribution in [0.15, 0.2) is 91.0 Å². The molecule has 0 saturated heterocycles. The number of para-hydroxylation sites is 2. The number of pyridine rings is 1. The zero-order valence-electron chi connectivity index (χ0n) is 21.9. The summed E-state index contributed by atoms with van der Waals surface area (Å²) in [6, 6.07) is 28.5. The third-order valence-corrected chi connectivity index (χ3v) is 6.75. The number of nitrogens with one attached hydrogen (secondary N) is 2. The van der Waals surface area contributed by atoms with Gasteiger partial charge in [-0.05, 0) is 54.6 Å². The van der Waals surface area contributed by atoms with Crippen molar-refractivity contribution in [3.05, 3.63) is 91.0 Å². The summed E-state index contributed by atoms with van der Waals surface area (Å²) in [6.45, 7) is 1.35. The van der Waals surface area contributed by atoms with E-state index in [9.17, 15) is 4.79 Å². The second-order valence-electron chi connectivity index (χ2n) is 8.93. The summed E-state index contributed by atoms with van der Waals surface area (Å²) in [4.78, 5) is 19.6. The van der Waals surface area contributed by atoms with Gasteiger partial charge in [0.05, 0.1) is 29.5 Å². The Hall–Kier alpha value is -4.20. The van der Waals surface area contributed by atoms with Gasteiger partial charge in [0.25, 0.3) is 0 Å². The molecule has 0 bridgehead atoms. The van der Waals surface area contributed by atoms with Crippen molar-refractivity contribution in [1.82, 2.24) is 4.98 Å². The van der Waals surface area contributed by atoms with Gasteiger partial charge in [-0.25, -0.2) is 9.78 Å². The molecule has 1 amide bonds. The number of aromatic nitrogens is 1. The molecular weight excluding hydrogens is 547 g/mol. The molecule has 0 fully saturated rings. The molecule has 40 heavy (non-hydrogen) atoms. The van der Waals surface area contributed by atoms with Crippen molar-refractivity contribution in [1.29, 1.82) is 0 Å². The molecule has 0 radical (unpaired) electrons. The van der Waals surface area contributed by atoms with E-state index in [1.54, 1.807) is 31.4 Å². The molecule has 7 nitrogen and oxygen atoms in total. The Morgan fingerprint density at radius 3 is 2.08 bits per heavy atom. The number of rotatable bonds is 10. The molecule has 5 aromatic rings. The molecule has 204 valence electrons. The molecular formula is C31H28Cl2N4O3. The maximum Gasteiger partial charge on any atom is 0.417 e. The van der Waals surface area contributed by atoms with Gasteiger partial charge in [-0.1, -0.05) is 36.4 Å². The highest BCUT2D eigenvalue weighted by molar-refractivity contribution is 6.18. The number of hydrogen-bond donors (Lipinski definition) is 2. The molecule has 0 aliphatic heterocycles. The Morgan fingerprint density at radius 1 is 0.850 bits per heavy atom. The van der Waals surface area contributed by atoms with Crippen LogP contribution in [0.2, 0.25) is 0 Å². The van der Waals surface area contributed by atoms with Crippen LogP contribution in [-0.2, 0) is 0 Å². The highest BCUT2D eigenvalue weighted by Gasteiger charge is 2.14. The van der Waals surface area contributed by atoms with Gasteiger partial charge >= 0.3 is 6.09 Å². The molecule has 1 heterocycles. The third kappa shape index (κ3) is 6.17. The molecule has 0 spiro atoms. The van der Waals surface area contributed by atoms with Gasteiger partial charge in [0.15, 0.2) is 0 Å². The molecule has 0 unspecified atom stereocenters. The van der Waals surface area contributed by atoms with Crippen molar-refractivity contribution in [2.75, 3.05) is 47.5 Å². The Balaban J connectivity index is 1.36. The molecule has 0 saturated carbocycles. The monoisotopic (exact) mass is 574 g/mol. The summed E-state index contributed by atoms with van der Waals surface area (Å²) in [5.74, 6) is 2.02. The number of fused-ring (bicyclic) bond motifs is 2. The summed E-state index contributed by atoms with van der Waals surface area (Å²) >= 11 is 11.8. The lowest BCUT2D eigenvalue weighted by molar-refractivity contribution is 0.215. The van der Waals surface area contributed by atoms with Crippen LogP contribution < -0.4 is 25.0 Å². The first-order chi connectivity index (χ1) is 19.6. The number of alkyl halides is 2. The fourth-order valence-corrected chi connectivity index (χ4v) is 4.95. The van der Waals surface area contributed by atoms with E-state index < -0.39 is 6.09 Å². The van der Waals surface area contributed by atoms with Crippen molar-refractivity contribution in [3.63, 3.8) is 0 Å². The first-order valence-corrected chi connectivity index (χ1v) is 13.8. The molecule has 0 aliphatic rings. The largest absolute Gasteiger partial charge is 0.495 e. The summed E-state index contributed by atoms with van der Waals surface area (Å²) in [5.41, 5.74) is 4.83. The van der Waals surface area contributed by atoms with Crippen molar-refractivity contribution < 1.29 is 14.3 Å². The van der Waals surface area contributed by atoms with E-state index in [1.807, 2.05) is 66.7 Å². The average Bonchev–Trinajstić information content (AvgIpc) is 2.97. The van der Waals surface area contributed by atoms with Gasteiger partial charge in [-0.15, -0.1) is 23.2 Å². The van der Waals surface area contributed by atoms with E-state index in [1.165, 1.54) is 0 Å². The van der Waals surface area contributed by atoms with Crippen LogP contribution in [0.1, 0.15) is 0 Å². The van der Waals surface area contributed by atoms with Crippen molar-refractivity contribution in [3.8, 4) is 11.5 Å². The zero-order chi connectivity index (χ0) is 27.9. The molecule has 9 heteroatoms. The SMILES string of the molecule is COc1ccc(NC(=O)Oc2ccc(N(CCCl)CCCl)cc2)cc1Nc1c2ccccc2nc2ccccc12. The number of hydrogen-bond acceptors (Lipinski definition) is 6. The van der Waals surface area contributed by atoms with Crippen molar-refractivity contribution in [2.45, 2.75) is 0 Å². The van der Waals surface area contributed by atoms with Gasteiger partial charge in [0.1, 0.15) is 11.5 Å². The summed E-state index contributed by atoms with van der Waals surface area (Å²) in [6.07, 6.45) is -0.609. The highest BCUT2D eigenvalue weighted by atomic mass is 35.5. The molecule has 0 atom stereocenters. The summed E-state index contributed by atoms with van der Waals surface area (Å²) in [7, 11) is 1.61. The number of methoxy groups -OCH3 is 1. The van der Waals surface area contributed by atoms with Crippen LogP contribution in [0.4, 0.5) is 27.5 Å². The van der Waals surface area contributed by atoms with E-state index in [2.05, 4.69) is 15.5 Å². The average molecular weight is 575 g/mol. The number of carbonyl (C=O) groups excluding carboxylic acids is 1. The minimum absolute atomic E-state index is 0.416. The second kappa shape index (κ2) is 12.8. The van der Waals surface area contributed by atoms with E-state index >= 15 is 0 Å². The molecule has 5 rings (SSSR count). The first kappa shape index (κ1) is 27.4. The van der Waals surface area contributed by atoms with Crippen LogP contribution in [0.5, 0.6) is 11.5 Å². The van der Waals surface area contributed by atoms with Gasteiger partial charge < -0.3 is 19.7 Å². The van der Waals surface area contributed by atoms with Crippen molar-refractivity contribution in [2.24, 2.45) is 0 Å².